The van der Waals surface area contributed by atoms with E-state index in [-0.39, 0.29) is 46.2 Å². The number of esters is 1. The van der Waals surface area contributed by atoms with Crippen LogP contribution < -0.4 is 15.4 Å². The number of rotatable bonds is 8. The number of carbonyl (C=O) groups is 4. The first-order valence-electron chi connectivity index (χ1n) is 11.1. The van der Waals surface area contributed by atoms with Crippen molar-refractivity contribution in [1.29, 1.82) is 0 Å². The number of urea groups is 1. The Labute approximate surface area is 227 Å². The quantitative estimate of drug-likeness (QED) is 0.231. The molecule has 0 bridgehead atoms. The molecule has 1 saturated heterocycles. The first kappa shape index (κ1) is 26.8. The van der Waals surface area contributed by atoms with Crippen LogP contribution in [0.25, 0.3) is 6.08 Å². The number of anilines is 1. The van der Waals surface area contributed by atoms with Gasteiger partial charge in [0.15, 0.2) is 12.4 Å². The molecule has 1 fully saturated rings. The lowest BCUT2D eigenvalue weighted by atomic mass is 10.1. The van der Waals surface area contributed by atoms with Gasteiger partial charge >= 0.3 is 12.0 Å². The summed E-state index contributed by atoms with van der Waals surface area (Å²) in [6.07, 6.45) is 1.40. The first-order valence-corrected chi connectivity index (χ1v) is 11.9. The third-order valence-electron chi connectivity index (χ3n) is 5.42. The number of nitrogens with zero attached hydrogens (tertiary/aromatic N) is 1. The van der Waals surface area contributed by atoms with Crippen LogP contribution in [0.2, 0.25) is 10.0 Å². The van der Waals surface area contributed by atoms with Gasteiger partial charge in [-0.1, -0.05) is 41.4 Å². The van der Waals surface area contributed by atoms with E-state index in [2.05, 4.69) is 15.4 Å². The van der Waals surface area contributed by atoms with Crippen molar-refractivity contribution in [3.05, 3.63) is 86.9 Å². The van der Waals surface area contributed by atoms with Crippen molar-refractivity contribution >= 4 is 58.8 Å². The molecule has 10 nitrogen and oxygen atoms in total. The number of hydrogen-bond acceptors (Lipinski definition) is 7. The molecule has 0 aliphatic carbocycles. The van der Waals surface area contributed by atoms with Crippen molar-refractivity contribution in [3.63, 3.8) is 0 Å². The van der Waals surface area contributed by atoms with E-state index >= 15 is 0 Å². The van der Waals surface area contributed by atoms with Crippen molar-refractivity contribution in [1.82, 2.24) is 10.2 Å². The standard InChI is InChI=1S/C26H21Cl2N3O7/c1-14-5-3-4-6-19(14)29-22(32)13-37-23-17(27)9-15(10-18(23)28)11-20-24(33)31(26(35)30-20)12-16-7-8-21(38-16)25(34)36-2/h3-11H,12-13H2,1-2H3,(H,29,32)(H,30,35)/b20-11-. The molecule has 38 heavy (non-hydrogen) atoms. The minimum atomic E-state index is -0.679. The number of para-hydroxylation sites is 1. The van der Waals surface area contributed by atoms with Crippen LogP contribution in [0.15, 0.2) is 58.6 Å². The maximum atomic E-state index is 12.8. The maximum absolute atomic E-state index is 12.8. The second-order valence-corrected chi connectivity index (χ2v) is 8.92. The summed E-state index contributed by atoms with van der Waals surface area (Å²) < 4.78 is 15.4. The Hall–Kier alpha value is -4.28. The zero-order chi connectivity index (χ0) is 27.4. The summed E-state index contributed by atoms with van der Waals surface area (Å²) in [7, 11) is 1.21. The number of halogens is 2. The number of furan rings is 1. The van der Waals surface area contributed by atoms with Gasteiger partial charge in [-0.25, -0.2) is 9.59 Å². The van der Waals surface area contributed by atoms with Gasteiger partial charge in [0.2, 0.25) is 5.76 Å². The lowest BCUT2D eigenvalue weighted by Crippen LogP contribution is -2.30. The molecule has 2 aromatic carbocycles. The molecule has 0 unspecified atom stereocenters. The second-order valence-electron chi connectivity index (χ2n) is 8.10. The van der Waals surface area contributed by atoms with Crippen LogP contribution in [0.4, 0.5) is 10.5 Å². The number of amides is 4. The van der Waals surface area contributed by atoms with E-state index < -0.39 is 23.8 Å². The van der Waals surface area contributed by atoms with Crippen LogP contribution >= 0.6 is 23.2 Å². The Morgan fingerprint density at radius 3 is 2.50 bits per heavy atom. The predicted molar refractivity (Wildman–Crippen MR) is 139 cm³/mol. The predicted octanol–water partition coefficient (Wildman–Crippen LogP) is 4.79. The highest BCUT2D eigenvalue weighted by Crippen LogP contribution is 2.35. The number of benzene rings is 2. The molecule has 3 aromatic rings. The first-order chi connectivity index (χ1) is 18.2. The van der Waals surface area contributed by atoms with Gasteiger partial charge in [0.05, 0.1) is 23.7 Å². The van der Waals surface area contributed by atoms with Crippen molar-refractivity contribution < 1.29 is 33.1 Å². The number of carbonyl (C=O) groups excluding carboxylic acids is 4. The number of hydrogen-bond donors (Lipinski definition) is 2. The van der Waals surface area contributed by atoms with Gasteiger partial charge in [-0.2, -0.15) is 0 Å². The van der Waals surface area contributed by atoms with E-state index in [1.54, 1.807) is 12.1 Å². The summed E-state index contributed by atoms with van der Waals surface area (Å²) in [5.74, 6) is -1.43. The molecule has 196 valence electrons. The number of nitrogens with one attached hydrogen (secondary N) is 2. The SMILES string of the molecule is COC(=O)c1ccc(CN2C(=O)N/C(=C\c3cc(Cl)c(OCC(=O)Nc4ccccc4C)c(Cl)c3)C2=O)o1. The van der Waals surface area contributed by atoms with E-state index in [4.69, 9.17) is 32.4 Å². The normalized spacial score (nSPS) is 14.0. The number of methoxy groups -OCH3 is 1. The molecule has 2 heterocycles. The lowest BCUT2D eigenvalue weighted by Gasteiger charge is -2.12. The van der Waals surface area contributed by atoms with Gasteiger partial charge in [-0.05, 0) is 54.5 Å². The maximum Gasteiger partial charge on any atom is 0.373 e. The van der Waals surface area contributed by atoms with Crippen molar-refractivity contribution in [2.45, 2.75) is 13.5 Å². The van der Waals surface area contributed by atoms with Gasteiger partial charge in [0.1, 0.15) is 11.5 Å². The van der Waals surface area contributed by atoms with Crippen LogP contribution in [0.3, 0.4) is 0 Å². The molecular weight excluding hydrogens is 537 g/mol. The Bertz CT molecular complexity index is 1440. The summed E-state index contributed by atoms with van der Waals surface area (Å²) in [5.41, 5.74) is 1.95. The summed E-state index contributed by atoms with van der Waals surface area (Å²) in [6.45, 7) is 1.34. The molecule has 2 N–H and O–H groups in total. The van der Waals surface area contributed by atoms with E-state index in [0.29, 0.717) is 11.3 Å². The van der Waals surface area contributed by atoms with Gasteiger partial charge in [0, 0.05) is 5.69 Å². The molecule has 12 heteroatoms. The fourth-order valence-corrected chi connectivity index (χ4v) is 4.16. The highest BCUT2D eigenvalue weighted by Gasteiger charge is 2.34. The smallest absolute Gasteiger partial charge is 0.373 e. The molecule has 1 aliphatic heterocycles. The molecule has 1 aromatic heterocycles. The molecule has 0 spiro atoms. The third-order valence-corrected chi connectivity index (χ3v) is 5.98. The van der Waals surface area contributed by atoms with Gasteiger partial charge in [0.25, 0.3) is 11.8 Å². The summed E-state index contributed by atoms with van der Waals surface area (Å²) >= 11 is 12.7. The Morgan fingerprint density at radius 2 is 1.82 bits per heavy atom. The second kappa shape index (κ2) is 11.4. The van der Waals surface area contributed by atoms with Crippen LogP contribution in [-0.2, 0) is 20.9 Å². The molecule has 0 atom stereocenters. The highest BCUT2D eigenvalue weighted by molar-refractivity contribution is 6.37. The fraction of sp³-hybridized carbons (Fsp3) is 0.154. The van der Waals surface area contributed by atoms with E-state index in [9.17, 15) is 19.2 Å². The average molecular weight is 558 g/mol. The fourth-order valence-electron chi connectivity index (χ4n) is 3.55. The molecule has 4 rings (SSSR count). The minimum absolute atomic E-state index is 0.0202. The van der Waals surface area contributed by atoms with Gasteiger partial charge < -0.3 is 24.5 Å². The molecule has 4 amide bonds. The Kier molecular flexibility index (Phi) is 8.04. The topological polar surface area (TPSA) is 127 Å². The zero-order valence-electron chi connectivity index (χ0n) is 20.2. The van der Waals surface area contributed by atoms with E-state index in [1.165, 1.54) is 37.5 Å². The molecule has 0 radical (unpaired) electrons. The molecule has 0 saturated carbocycles. The minimum Gasteiger partial charge on any atom is -0.481 e. The van der Waals surface area contributed by atoms with Gasteiger partial charge in [-0.15, -0.1) is 0 Å². The molecular formula is C26H21Cl2N3O7. The van der Waals surface area contributed by atoms with E-state index in [1.807, 2.05) is 19.1 Å². The Morgan fingerprint density at radius 1 is 1.11 bits per heavy atom. The zero-order valence-corrected chi connectivity index (χ0v) is 21.7. The third kappa shape index (κ3) is 5.99. The lowest BCUT2D eigenvalue weighted by molar-refractivity contribution is -0.123. The highest BCUT2D eigenvalue weighted by atomic mass is 35.5. The van der Waals surface area contributed by atoms with Crippen LogP contribution in [0.5, 0.6) is 5.75 Å². The van der Waals surface area contributed by atoms with Crippen LogP contribution in [-0.4, -0.2) is 42.4 Å². The summed E-state index contributed by atoms with van der Waals surface area (Å²) in [4.78, 5) is 50.0. The number of ether oxygens (including phenoxy) is 2. The van der Waals surface area contributed by atoms with Crippen molar-refractivity contribution in [2.75, 3.05) is 19.0 Å². The van der Waals surface area contributed by atoms with Crippen molar-refractivity contribution in [3.8, 4) is 5.75 Å². The van der Waals surface area contributed by atoms with Gasteiger partial charge in [-0.3, -0.25) is 14.5 Å². The average Bonchev–Trinajstić information content (AvgIpc) is 3.45. The number of aryl methyl sites for hydroxylation is 1. The summed E-state index contributed by atoms with van der Waals surface area (Å²) in [5, 5.41) is 5.44. The van der Waals surface area contributed by atoms with E-state index in [0.717, 1.165) is 10.5 Å². The number of imide groups is 1. The summed E-state index contributed by atoms with van der Waals surface area (Å²) in [6, 6.07) is 12.4. The Balaban J connectivity index is 1.42. The largest absolute Gasteiger partial charge is 0.481 e. The van der Waals surface area contributed by atoms with Crippen LogP contribution in [0, 0.1) is 6.92 Å². The van der Waals surface area contributed by atoms with Crippen LogP contribution in [0.1, 0.15) is 27.4 Å². The van der Waals surface area contributed by atoms with Crippen molar-refractivity contribution in [2.24, 2.45) is 0 Å². The molecule has 1 aliphatic rings. The monoisotopic (exact) mass is 557 g/mol.